The van der Waals surface area contributed by atoms with Gasteiger partial charge in [-0.15, -0.1) is 12.4 Å². The van der Waals surface area contributed by atoms with Gasteiger partial charge in [-0.05, 0) is 11.6 Å². The Bertz CT molecular complexity index is 367. The Labute approximate surface area is 77.2 Å². The average molecular weight is 183 g/mol. The smallest absolute Gasteiger partial charge is 0.0457 e. The van der Waals surface area contributed by atoms with Gasteiger partial charge in [-0.3, -0.25) is 0 Å². The van der Waals surface area contributed by atoms with E-state index >= 15 is 0 Å². The lowest BCUT2D eigenvalue weighted by molar-refractivity contribution is 1.08. The van der Waals surface area contributed by atoms with Gasteiger partial charge in [-0.1, -0.05) is 18.2 Å². The first-order chi connectivity index (χ1) is 5.42. The van der Waals surface area contributed by atoms with Gasteiger partial charge >= 0.3 is 0 Å². The number of fused-ring (bicyclic) bond motifs is 1. The number of aromatic amines is 1. The summed E-state index contributed by atoms with van der Waals surface area (Å²) in [6.45, 7) is 0.601. The van der Waals surface area contributed by atoms with E-state index in [1.54, 1.807) is 0 Å². The van der Waals surface area contributed by atoms with E-state index in [0.29, 0.717) is 6.54 Å². The van der Waals surface area contributed by atoms with Crippen molar-refractivity contribution in [1.82, 2.24) is 4.98 Å². The van der Waals surface area contributed by atoms with E-state index in [-0.39, 0.29) is 12.4 Å². The predicted octanol–water partition coefficient (Wildman–Crippen LogP) is 2.05. The highest BCUT2D eigenvalue weighted by atomic mass is 35.5. The summed E-state index contributed by atoms with van der Waals surface area (Å²) in [6, 6.07) is 8.16. The summed E-state index contributed by atoms with van der Waals surface area (Å²) in [7, 11) is 0. The number of rotatable bonds is 1. The molecule has 2 rings (SSSR count). The van der Waals surface area contributed by atoms with E-state index in [2.05, 4.69) is 17.1 Å². The van der Waals surface area contributed by atoms with Crippen LogP contribution in [0.4, 0.5) is 0 Å². The third-order valence-corrected chi connectivity index (χ3v) is 1.89. The number of benzene rings is 1. The van der Waals surface area contributed by atoms with Crippen LogP contribution in [0.25, 0.3) is 10.9 Å². The number of H-pyrrole nitrogens is 1. The standard InChI is InChI=1S/C9H10N2.ClH/c10-5-7-6-11-9-4-2-1-3-8(7)9;/h1-4,6,11H,5,10H2;1H. The lowest BCUT2D eigenvalue weighted by Gasteiger charge is -1.90. The molecule has 0 bridgehead atoms. The van der Waals surface area contributed by atoms with Crippen molar-refractivity contribution in [2.24, 2.45) is 5.73 Å². The fourth-order valence-electron chi connectivity index (χ4n) is 1.30. The van der Waals surface area contributed by atoms with E-state index in [1.165, 1.54) is 10.9 Å². The number of halogens is 1. The molecule has 3 N–H and O–H groups in total. The second-order valence-corrected chi connectivity index (χ2v) is 2.56. The molecular formula is C9H11ClN2. The quantitative estimate of drug-likeness (QED) is 0.697. The molecule has 1 aromatic carbocycles. The van der Waals surface area contributed by atoms with Crippen molar-refractivity contribution in [2.75, 3.05) is 0 Å². The molecule has 0 radical (unpaired) electrons. The molecule has 0 unspecified atom stereocenters. The van der Waals surface area contributed by atoms with E-state index in [0.717, 1.165) is 5.52 Å². The van der Waals surface area contributed by atoms with Crippen molar-refractivity contribution in [1.29, 1.82) is 0 Å². The summed E-state index contributed by atoms with van der Waals surface area (Å²) >= 11 is 0. The Morgan fingerprint density at radius 3 is 2.75 bits per heavy atom. The largest absolute Gasteiger partial charge is 0.361 e. The van der Waals surface area contributed by atoms with Gasteiger partial charge in [0.2, 0.25) is 0 Å². The molecule has 0 aliphatic carbocycles. The number of aromatic nitrogens is 1. The molecular weight excluding hydrogens is 172 g/mol. The summed E-state index contributed by atoms with van der Waals surface area (Å²) in [5.74, 6) is 0. The molecule has 1 aromatic heterocycles. The number of hydrogen-bond acceptors (Lipinski definition) is 1. The first-order valence-electron chi connectivity index (χ1n) is 3.67. The Morgan fingerprint density at radius 2 is 2.00 bits per heavy atom. The highest BCUT2D eigenvalue weighted by Crippen LogP contribution is 2.16. The lowest BCUT2D eigenvalue weighted by Crippen LogP contribution is -1.93. The minimum Gasteiger partial charge on any atom is -0.361 e. The summed E-state index contributed by atoms with van der Waals surface area (Å²) in [6.07, 6.45) is 1.96. The SMILES string of the molecule is Cl.NCc1c[nH]c2ccccc12. The second-order valence-electron chi connectivity index (χ2n) is 2.56. The normalized spacial score (nSPS) is 9.75. The summed E-state index contributed by atoms with van der Waals surface area (Å²) < 4.78 is 0. The molecule has 0 aliphatic rings. The maximum Gasteiger partial charge on any atom is 0.0457 e. The minimum atomic E-state index is 0. The van der Waals surface area contributed by atoms with Crippen molar-refractivity contribution in [2.45, 2.75) is 6.54 Å². The van der Waals surface area contributed by atoms with Gasteiger partial charge in [-0.2, -0.15) is 0 Å². The van der Waals surface area contributed by atoms with Crippen molar-refractivity contribution >= 4 is 23.3 Å². The zero-order valence-corrected chi connectivity index (χ0v) is 7.40. The first kappa shape index (κ1) is 9.10. The van der Waals surface area contributed by atoms with Gasteiger partial charge in [0.05, 0.1) is 0 Å². The van der Waals surface area contributed by atoms with Gasteiger partial charge in [0.1, 0.15) is 0 Å². The van der Waals surface area contributed by atoms with Gasteiger partial charge in [0, 0.05) is 23.6 Å². The van der Waals surface area contributed by atoms with Crippen LogP contribution in [0.2, 0.25) is 0 Å². The van der Waals surface area contributed by atoms with Crippen LogP contribution in [0.3, 0.4) is 0 Å². The van der Waals surface area contributed by atoms with Crippen LogP contribution < -0.4 is 5.73 Å². The fourth-order valence-corrected chi connectivity index (χ4v) is 1.30. The molecule has 0 fully saturated rings. The maximum absolute atomic E-state index is 5.54. The zero-order chi connectivity index (χ0) is 7.68. The Kier molecular flexibility index (Phi) is 2.74. The molecule has 2 aromatic rings. The molecule has 0 saturated heterocycles. The topological polar surface area (TPSA) is 41.8 Å². The van der Waals surface area contributed by atoms with E-state index < -0.39 is 0 Å². The van der Waals surface area contributed by atoms with Gasteiger partial charge in [0.25, 0.3) is 0 Å². The van der Waals surface area contributed by atoms with Crippen LogP contribution in [0.1, 0.15) is 5.56 Å². The van der Waals surface area contributed by atoms with E-state index in [4.69, 9.17) is 5.73 Å². The lowest BCUT2D eigenvalue weighted by atomic mass is 10.2. The fraction of sp³-hybridized carbons (Fsp3) is 0.111. The first-order valence-corrected chi connectivity index (χ1v) is 3.67. The Hall–Kier alpha value is -0.990. The Balaban J connectivity index is 0.000000720. The van der Waals surface area contributed by atoms with Crippen molar-refractivity contribution in [3.05, 3.63) is 36.0 Å². The van der Waals surface area contributed by atoms with Crippen molar-refractivity contribution in [3.63, 3.8) is 0 Å². The van der Waals surface area contributed by atoms with Crippen LogP contribution in [0.5, 0.6) is 0 Å². The van der Waals surface area contributed by atoms with Crippen LogP contribution in [0.15, 0.2) is 30.5 Å². The summed E-state index contributed by atoms with van der Waals surface area (Å²) in [4.78, 5) is 3.16. The minimum absolute atomic E-state index is 0. The van der Waals surface area contributed by atoms with Crippen LogP contribution in [-0.4, -0.2) is 4.98 Å². The molecule has 0 aliphatic heterocycles. The number of para-hydroxylation sites is 1. The molecule has 0 amide bonds. The van der Waals surface area contributed by atoms with Crippen LogP contribution >= 0.6 is 12.4 Å². The maximum atomic E-state index is 5.54. The van der Waals surface area contributed by atoms with Gasteiger partial charge < -0.3 is 10.7 Å². The van der Waals surface area contributed by atoms with Gasteiger partial charge in [0.15, 0.2) is 0 Å². The molecule has 1 heterocycles. The second kappa shape index (κ2) is 3.61. The highest BCUT2D eigenvalue weighted by Gasteiger charge is 1.98. The monoisotopic (exact) mass is 182 g/mol. The van der Waals surface area contributed by atoms with E-state index in [1.807, 2.05) is 18.3 Å². The molecule has 12 heavy (non-hydrogen) atoms. The van der Waals surface area contributed by atoms with Crippen molar-refractivity contribution < 1.29 is 0 Å². The average Bonchev–Trinajstić information content (AvgIpc) is 2.47. The third-order valence-electron chi connectivity index (χ3n) is 1.89. The molecule has 0 spiro atoms. The predicted molar refractivity (Wildman–Crippen MR) is 53.4 cm³/mol. The number of nitrogens with one attached hydrogen (secondary N) is 1. The molecule has 3 heteroatoms. The van der Waals surface area contributed by atoms with Gasteiger partial charge in [-0.25, -0.2) is 0 Å². The number of nitrogens with two attached hydrogens (primary N) is 1. The Morgan fingerprint density at radius 1 is 1.25 bits per heavy atom. The molecule has 0 atom stereocenters. The highest BCUT2D eigenvalue weighted by molar-refractivity contribution is 5.85. The van der Waals surface area contributed by atoms with Crippen LogP contribution in [-0.2, 0) is 6.54 Å². The summed E-state index contributed by atoms with van der Waals surface area (Å²) in [5, 5.41) is 1.23. The summed E-state index contributed by atoms with van der Waals surface area (Å²) in [5.41, 5.74) is 7.88. The van der Waals surface area contributed by atoms with Crippen molar-refractivity contribution in [3.8, 4) is 0 Å². The molecule has 2 nitrogen and oxygen atoms in total. The molecule has 64 valence electrons. The number of hydrogen-bond donors (Lipinski definition) is 2. The van der Waals surface area contributed by atoms with E-state index in [9.17, 15) is 0 Å². The third kappa shape index (κ3) is 1.31. The zero-order valence-electron chi connectivity index (χ0n) is 6.58. The molecule has 0 saturated carbocycles. The van der Waals surface area contributed by atoms with Crippen LogP contribution in [0, 0.1) is 0 Å².